The Labute approximate surface area is 212 Å². The van der Waals surface area contributed by atoms with E-state index >= 15 is 0 Å². The minimum absolute atomic E-state index is 0.0443. The fraction of sp³-hybridized carbons (Fsp3) is 0.500. The summed E-state index contributed by atoms with van der Waals surface area (Å²) in [7, 11) is 0. The Kier molecular flexibility index (Phi) is 9.20. The number of morpholine rings is 1. The Hall–Kier alpha value is -3.26. The maximum atomic E-state index is 13.0. The van der Waals surface area contributed by atoms with Gasteiger partial charge in [-0.15, -0.1) is 0 Å². The zero-order valence-corrected chi connectivity index (χ0v) is 21.6. The maximum absolute atomic E-state index is 13.0. The van der Waals surface area contributed by atoms with Crippen LogP contribution in [0, 0.1) is 0 Å². The van der Waals surface area contributed by atoms with Gasteiger partial charge in [-0.3, -0.25) is 14.4 Å². The number of ketones is 2. The van der Waals surface area contributed by atoms with E-state index in [1.807, 2.05) is 51.1 Å². The molecule has 1 fully saturated rings. The molecule has 194 valence electrons. The number of benzene rings is 1. The average molecular weight is 497 g/mol. The molecule has 8 heteroatoms. The van der Waals surface area contributed by atoms with Gasteiger partial charge in [-0.2, -0.15) is 0 Å². The third kappa shape index (κ3) is 7.62. The molecule has 36 heavy (non-hydrogen) atoms. The normalized spacial score (nSPS) is 16.0. The second-order valence-corrected chi connectivity index (χ2v) is 10.1. The highest BCUT2D eigenvalue weighted by Gasteiger charge is 2.28. The van der Waals surface area contributed by atoms with Crippen LogP contribution >= 0.6 is 0 Å². The monoisotopic (exact) mass is 496 g/mol. The largest absolute Gasteiger partial charge is 0.444 e. The Balaban J connectivity index is 1.65. The molecule has 0 aliphatic carbocycles. The Morgan fingerprint density at radius 2 is 1.83 bits per heavy atom. The number of amides is 1. The minimum Gasteiger partial charge on any atom is -0.444 e. The van der Waals surface area contributed by atoms with Crippen molar-refractivity contribution in [2.75, 3.05) is 19.7 Å². The quantitative estimate of drug-likeness (QED) is 0.475. The molecule has 3 rings (SSSR count). The Morgan fingerprint density at radius 3 is 2.50 bits per heavy atom. The van der Waals surface area contributed by atoms with Gasteiger partial charge in [0.15, 0.2) is 11.6 Å². The molecule has 0 radical (unpaired) electrons. The van der Waals surface area contributed by atoms with Gasteiger partial charge in [0.25, 0.3) is 5.56 Å². The molecule has 0 saturated carbocycles. The predicted molar refractivity (Wildman–Crippen MR) is 137 cm³/mol. The summed E-state index contributed by atoms with van der Waals surface area (Å²) in [5.41, 5.74) is 0.347. The fourth-order valence-corrected chi connectivity index (χ4v) is 4.10. The summed E-state index contributed by atoms with van der Waals surface area (Å²) >= 11 is 0. The first-order valence-corrected chi connectivity index (χ1v) is 12.5. The van der Waals surface area contributed by atoms with E-state index in [1.54, 1.807) is 18.0 Å². The minimum atomic E-state index is -0.563. The van der Waals surface area contributed by atoms with Crippen LogP contribution in [0.3, 0.4) is 0 Å². The summed E-state index contributed by atoms with van der Waals surface area (Å²) in [5.74, 6) is -0.420. The predicted octanol–water partition coefficient (Wildman–Crippen LogP) is 4.48. The molecule has 2 aromatic rings. The van der Waals surface area contributed by atoms with Crippen molar-refractivity contribution in [1.29, 1.82) is 0 Å². The number of aromatic nitrogens is 1. The summed E-state index contributed by atoms with van der Waals surface area (Å²) in [6.07, 6.45) is 2.60. The van der Waals surface area contributed by atoms with Crippen molar-refractivity contribution >= 4 is 17.7 Å². The molecule has 1 amide bonds. The molecule has 8 nitrogen and oxygen atoms in total. The smallest absolute Gasteiger partial charge is 0.410 e. The lowest BCUT2D eigenvalue weighted by Gasteiger charge is -2.34. The standard InChI is InChI=1S/C28H36N2O6/c1-5-24(31)23-16-21(18-30(26(23)33)17-20-10-7-6-8-11-20)25(32)13-9-12-22-19-29(14-15-35-22)27(34)36-28(2,3)4/h6-8,10-11,16,18,22H,5,9,12-15,17,19H2,1-4H3. The first kappa shape index (κ1) is 27.3. The van der Waals surface area contributed by atoms with Crippen molar-refractivity contribution in [2.24, 2.45) is 0 Å². The second kappa shape index (κ2) is 12.1. The molecule has 0 bridgehead atoms. The van der Waals surface area contributed by atoms with Gasteiger partial charge < -0.3 is 18.9 Å². The Bertz CT molecular complexity index is 1130. The van der Waals surface area contributed by atoms with Crippen molar-refractivity contribution in [3.05, 3.63) is 69.6 Å². The number of hydrogen-bond donors (Lipinski definition) is 0. The summed E-state index contributed by atoms with van der Waals surface area (Å²) in [6.45, 7) is 8.78. The van der Waals surface area contributed by atoms with E-state index in [9.17, 15) is 19.2 Å². The molecule has 0 spiro atoms. The van der Waals surface area contributed by atoms with Gasteiger partial charge in [0.05, 0.1) is 31.4 Å². The van der Waals surface area contributed by atoms with Gasteiger partial charge in [0, 0.05) is 31.1 Å². The number of nitrogens with zero attached hydrogens (tertiary/aromatic N) is 2. The molecule has 1 aromatic heterocycles. The van der Waals surface area contributed by atoms with E-state index in [1.165, 1.54) is 10.6 Å². The number of rotatable bonds is 9. The third-order valence-corrected chi connectivity index (χ3v) is 5.95. The lowest BCUT2D eigenvalue weighted by Crippen LogP contribution is -2.47. The SMILES string of the molecule is CCC(=O)c1cc(C(=O)CCCC2CN(C(=O)OC(C)(C)C)CCO2)cn(Cc2ccccc2)c1=O. The van der Waals surface area contributed by atoms with E-state index in [-0.39, 0.29) is 54.3 Å². The topological polar surface area (TPSA) is 94.9 Å². The second-order valence-electron chi connectivity index (χ2n) is 10.1. The van der Waals surface area contributed by atoms with Crippen LogP contribution in [0.2, 0.25) is 0 Å². The van der Waals surface area contributed by atoms with E-state index in [4.69, 9.17) is 9.47 Å². The first-order valence-electron chi connectivity index (χ1n) is 12.5. The van der Waals surface area contributed by atoms with Crippen LogP contribution in [0.5, 0.6) is 0 Å². The van der Waals surface area contributed by atoms with Gasteiger partial charge in [0.2, 0.25) is 0 Å². The van der Waals surface area contributed by atoms with E-state index in [0.29, 0.717) is 38.1 Å². The summed E-state index contributed by atoms with van der Waals surface area (Å²) in [6, 6.07) is 10.9. The number of carbonyl (C=O) groups is 3. The van der Waals surface area contributed by atoms with Crippen LogP contribution in [0.15, 0.2) is 47.4 Å². The molecule has 1 unspecified atom stereocenters. The van der Waals surface area contributed by atoms with Crippen LogP contribution in [-0.2, 0) is 16.0 Å². The molecule has 0 N–H and O–H groups in total. The van der Waals surface area contributed by atoms with Crippen LogP contribution in [0.1, 0.15) is 79.7 Å². The number of Topliss-reactive ketones (excluding diaryl/α,β-unsaturated/α-hetero) is 2. The van der Waals surface area contributed by atoms with E-state index in [0.717, 1.165) is 5.56 Å². The highest BCUT2D eigenvalue weighted by molar-refractivity contribution is 6.00. The molecule has 1 aliphatic heterocycles. The van der Waals surface area contributed by atoms with Gasteiger partial charge >= 0.3 is 6.09 Å². The number of carbonyl (C=O) groups excluding carboxylic acids is 3. The summed E-state index contributed by atoms with van der Waals surface area (Å²) < 4.78 is 12.7. The van der Waals surface area contributed by atoms with Gasteiger partial charge in [-0.1, -0.05) is 37.3 Å². The van der Waals surface area contributed by atoms with Crippen molar-refractivity contribution in [1.82, 2.24) is 9.47 Å². The molecular formula is C28H36N2O6. The number of pyridine rings is 1. The van der Waals surface area contributed by atoms with E-state index < -0.39 is 5.60 Å². The molecule has 1 atom stereocenters. The van der Waals surface area contributed by atoms with Crippen LogP contribution < -0.4 is 5.56 Å². The average Bonchev–Trinajstić information content (AvgIpc) is 2.84. The van der Waals surface area contributed by atoms with Gasteiger partial charge in [-0.25, -0.2) is 4.79 Å². The van der Waals surface area contributed by atoms with Crippen molar-refractivity contribution in [3.63, 3.8) is 0 Å². The van der Waals surface area contributed by atoms with Gasteiger partial charge in [0.1, 0.15) is 5.60 Å². The molecule has 1 aromatic carbocycles. The van der Waals surface area contributed by atoms with Crippen molar-refractivity contribution in [3.8, 4) is 0 Å². The molecule has 2 heterocycles. The first-order chi connectivity index (χ1) is 17.1. The third-order valence-electron chi connectivity index (χ3n) is 5.95. The van der Waals surface area contributed by atoms with Crippen LogP contribution in [0.25, 0.3) is 0 Å². The maximum Gasteiger partial charge on any atom is 0.410 e. The van der Waals surface area contributed by atoms with Crippen molar-refractivity contribution < 1.29 is 23.9 Å². The van der Waals surface area contributed by atoms with Gasteiger partial charge in [-0.05, 0) is 45.2 Å². The zero-order valence-electron chi connectivity index (χ0n) is 21.6. The van der Waals surface area contributed by atoms with Crippen LogP contribution in [-0.4, -0.2) is 58.5 Å². The summed E-state index contributed by atoms with van der Waals surface area (Å²) in [5, 5.41) is 0. The van der Waals surface area contributed by atoms with Crippen molar-refractivity contribution in [2.45, 2.75) is 71.6 Å². The highest BCUT2D eigenvalue weighted by Crippen LogP contribution is 2.17. The Morgan fingerprint density at radius 1 is 1.11 bits per heavy atom. The number of hydrogen-bond acceptors (Lipinski definition) is 6. The van der Waals surface area contributed by atoms with Crippen LogP contribution in [0.4, 0.5) is 4.79 Å². The molecule has 1 aliphatic rings. The fourth-order valence-electron chi connectivity index (χ4n) is 4.10. The lowest BCUT2D eigenvalue weighted by molar-refractivity contribution is -0.0450. The molecular weight excluding hydrogens is 460 g/mol. The van der Waals surface area contributed by atoms with E-state index in [2.05, 4.69) is 0 Å². The summed E-state index contributed by atoms with van der Waals surface area (Å²) in [4.78, 5) is 52.4. The zero-order chi connectivity index (χ0) is 26.3. The number of ether oxygens (including phenoxy) is 2. The highest BCUT2D eigenvalue weighted by atomic mass is 16.6. The lowest BCUT2D eigenvalue weighted by atomic mass is 10.0. The molecule has 1 saturated heterocycles.